The number of Topliss-reactive ketones (excluding diaryl/α,β-unsaturated/α-hetero) is 1. The molecule has 1 saturated heterocycles. The topological polar surface area (TPSA) is 89.0 Å². The molecule has 2 aromatic rings. The summed E-state index contributed by atoms with van der Waals surface area (Å²) >= 11 is 0. The number of alkyl halides is 3. The van der Waals surface area contributed by atoms with Gasteiger partial charge in [-0.05, 0) is 47.1 Å². The van der Waals surface area contributed by atoms with Crippen LogP contribution in [-0.2, 0) is 16.0 Å². The molecule has 1 aromatic heterocycles. The third-order valence-electron chi connectivity index (χ3n) is 8.79. The number of hydrogen-bond acceptors (Lipinski definition) is 4. The number of halogens is 3. The number of nitrogens with zero attached hydrogens (tertiary/aromatic N) is 2. The average molecular weight is 531 g/mol. The lowest BCUT2D eigenvalue weighted by Gasteiger charge is -2.38. The zero-order valence-electron chi connectivity index (χ0n) is 22.7. The third kappa shape index (κ3) is 5.47. The van der Waals surface area contributed by atoms with Crippen molar-refractivity contribution in [2.24, 2.45) is 28.6 Å². The lowest BCUT2D eigenvalue weighted by molar-refractivity contribution is -0.174. The maximum Gasteiger partial charge on any atom is 0.449 e. The smallest absolute Gasteiger partial charge is 0.361 e. The van der Waals surface area contributed by atoms with Crippen LogP contribution in [0.2, 0.25) is 0 Å². The van der Waals surface area contributed by atoms with E-state index in [1.54, 1.807) is 25.7 Å². The molecule has 1 aliphatic carbocycles. The number of nitrogens with one attached hydrogen (secondary N) is 2. The number of rotatable bonds is 9. The fourth-order valence-electron chi connectivity index (χ4n) is 6.31. The Morgan fingerprint density at radius 2 is 1.92 bits per heavy atom. The summed E-state index contributed by atoms with van der Waals surface area (Å²) in [5.74, 6) is -2.90. The zero-order chi connectivity index (χ0) is 28.0. The highest BCUT2D eigenvalue weighted by Gasteiger charge is 2.67. The summed E-state index contributed by atoms with van der Waals surface area (Å²) in [6.45, 7) is 10.2. The molecule has 4 rings (SSSR count). The molecule has 9 heteroatoms. The highest BCUT2D eigenvalue weighted by molar-refractivity contribution is 5.90. The number of likely N-dealkylation sites (tertiary alicyclic amines) is 1. The van der Waals surface area contributed by atoms with E-state index in [2.05, 4.69) is 30.2 Å². The Morgan fingerprint density at radius 3 is 2.55 bits per heavy atom. The minimum Gasteiger partial charge on any atom is -0.361 e. The number of benzene rings is 1. The normalized spacial score (nSPS) is 24.1. The van der Waals surface area contributed by atoms with Crippen LogP contribution in [0.3, 0.4) is 0 Å². The standard InChI is InChI=1S/C29H37F3N4O2/c1-27(2,3)20(12-24(37)29(30,31)32)26(38)36-16-21-25(28(21,4)5)23(36)15-34-18(13-33)11-10-17-14-35-22-9-7-6-8-19(17)22/h6-9,14,18,20-21,23,25,34-35H,10-12,15-16H2,1-5H3/t18?,20-,21?,23-,25?/m1/s1. The van der Waals surface area contributed by atoms with Crippen molar-refractivity contribution in [3.05, 3.63) is 36.0 Å². The van der Waals surface area contributed by atoms with Crippen LogP contribution in [0, 0.1) is 39.9 Å². The van der Waals surface area contributed by atoms with Crippen molar-refractivity contribution < 1.29 is 22.8 Å². The van der Waals surface area contributed by atoms with Gasteiger partial charge >= 0.3 is 6.18 Å². The molecule has 3 unspecified atom stereocenters. The second-order valence-electron chi connectivity index (χ2n) is 12.5. The lowest BCUT2D eigenvalue weighted by atomic mass is 9.76. The van der Waals surface area contributed by atoms with Crippen molar-refractivity contribution in [1.82, 2.24) is 15.2 Å². The second kappa shape index (κ2) is 10.0. The molecule has 1 aromatic carbocycles. The van der Waals surface area contributed by atoms with Crippen LogP contribution in [0.1, 0.15) is 53.0 Å². The van der Waals surface area contributed by atoms with Crippen LogP contribution >= 0.6 is 0 Å². The van der Waals surface area contributed by atoms with Crippen molar-refractivity contribution in [1.29, 1.82) is 5.26 Å². The number of hydrogen-bond donors (Lipinski definition) is 2. The van der Waals surface area contributed by atoms with Crippen LogP contribution in [0.4, 0.5) is 13.2 Å². The van der Waals surface area contributed by atoms with Crippen LogP contribution in [-0.4, -0.2) is 52.9 Å². The van der Waals surface area contributed by atoms with Gasteiger partial charge in [0.05, 0.1) is 18.0 Å². The quantitative estimate of drug-likeness (QED) is 0.464. The number of aryl methyl sites for hydroxylation is 1. The number of carbonyl (C=O) groups is 2. The molecule has 0 spiro atoms. The van der Waals surface area contributed by atoms with Gasteiger partial charge in [-0.2, -0.15) is 18.4 Å². The van der Waals surface area contributed by atoms with Gasteiger partial charge in [0.2, 0.25) is 11.7 Å². The molecule has 2 N–H and O–H groups in total. The average Bonchev–Trinajstić information content (AvgIpc) is 3.17. The molecule has 0 bridgehead atoms. The van der Waals surface area contributed by atoms with E-state index < -0.39 is 41.7 Å². The maximum atomic E-state index is 13.7. The van der Waals surface area contributed by atoms with Gasteiger partial charge in [-0.15, -0.1) is 0 Å². The van der Waals surface area contributed by atoms with Gasteiger partial charge < -0.3 is 9.88 Å². The first kappa shape index (κ1) is 28.2. The number of nitriles is 1. The third-order valence-corrected chi connectivity index (χ3v) is 8.79. The summed E-state index contributed by atoms with van der Waals surface area (Å²) in [5, 5.41) is 14.3. The number of H-pyrrole nitrogens is 1. The van der Waals surface area contributed by atoms with Crippen molar-refractivity contribution >= 4 is 22.6 Å². The number of aromatic amines is 1. The summed E-state index contributed by atoms with van der Waals surface area (Å²) in [7, 11) is 0. The SMILES string of the molecule is CC1(C)C2CN(C(=O)[C@@H](CC(=O)C(F)(F)F)C(C)(C)C)[C@H](CNC(C#N)CCc3c[nH]c4ccccc34)C21. The van der Waals surface area contributed by atoms with E-state index in [4.69, 9.17) is 0 Å². The first-order valence-electron chi connectivity index (χ1n) is 13.2. The Hall–Kier alpha value is -2.86. The summed E-state index contributed by atoms with van der Waals surface area (Å²) in [6.07, 6.45) is -2.58. The Balaban J connectivity index is 1.45. The molecule has 6 nitrogen and oxygen atoms in total. The van der Waals surface area contributed by atoms with E-state index in [1.807, 2.05) is 30.5 Å². The number of fused-ring (bicyclic) bond motifs is 2. The predicted molar refractivity (Wildman–Crippen MR) is 139 cm³/mol. The first-order chi connectivity index (χ1) is 17.7. The van der Waals surface area contributed by atoms with Gasteiger partial charge in [0.1, 0.15) is 0 Å². The van der Waals surface area contributed by atoms with Crippen LogP contribution in [0.25, 0.3) is 10.9 Å². The Kier molecular flexibility index (Phi) is 7.43. The number of carbonyl (C=O) groups excluding carboxylic acids is 2. The predicted octanol–water partition coefficient (Wildman–Crippen LogP) is 5.25. The Morgan fingerprint density at radius 1 is 1.24 bits per heavy atom. The zero-order valence-corrected chi connectivity index (χ0v) is 22.7. The highest BCUT2D eigenvalue weighted by Crippen LogP contribution is 2.65. The summed E-state index contributed by atoms with van der Waals surface area (Å²) < 4.78 is 39.2. The number of amides is 1. The highest BCUT2D eigenvalue weighted by atomic mass is 19.4. The molecule has 5 atom stereocenters. The molecular formula is C29H37F3N4O2. The van der Waals surface area contributed by atoms with Gasteiger partial charge in [0.15, 0.2) is 0 Å². The van der Waals surface area contributed by atoms with E-state index in [1.165, 1.54) is 0 Å². The van der Waals surface area contributed by atoms with E-state index in [0.29, 0.717) is 25.9 Å². The number of ketones is 1. The molecule has 2 heterocycles. The van der Waals surface area contributed by atoms with Gasteiger partial charge in [0, 0.05) is 42.7 Å². The van der Waals surface area contributed by atoms with Gasteiger partial charge in [-0.3, -0.25) is 14.9 Å². The molecule has 0 radical (unpaired) electrons. The van der Waals surface area contributed by atoms with E-state index >= 15 is 0 Å². The number of para-hydroxylation sites is 1. The molecule has 206 valence electrons. The molecule has 38 heavy (non-hydrogen) atoms. The van der Waals surface area contributed by atoms with E-state index in [0.717, 1.165) is 16.5 Å². The lowest BCUT2D eigenvalue weighted by Crippen LogP contribution is -2.52. The van der Waals surface area contributed by atoms with Gasteiger partial charge in [0.25, 0.3) is 0 Å². The molecular weight excluding hydrogens is 493 g/mol. The number of piperidine rings is 1. The largest absolute Gasteiger partial charge is 0.449 e. The fourth-order valence-corrected chi connectivity index (χ4v) is 6.31. The molecule has 1 amide bonds. The van der Waals surface area contributed by atoms with Crippen molar-refractivity contribution in [2.75, 3.05) is 13.1 Å². The molecule has 2 aliphatic rings. The van der Waals surface area contributed by atoms with Crippen LogP contribution in [0.5, 0.6) is 0 Å². The fraction of sp³-hybridized carbons (Fsp3) is 0.621. The Labute approximate surface area is 221 Å². The molecule has 1 saturated carbocycles. The first-order valence-corrected chi connectivity index (χ1v) is 13.2. The summed E-state index contributed by atoms with van der Waals surface area (Å²) in [5.41, 5.74) is 1.38. The summed E-state index contributed by atoms with van der Waals surface area (Å²) in [4.78, 5) is 30.5. The van der Waals surface area contributed by atoms with E-state index in [9.17, 15) is 28.0 Å². The van der Waals surface area contributed by atoms with Crippen molar-refractivity contribution in [3.63, 3.8) is 0 Å². The monoisotopic (exact) mass is 530 g/mol. The van der Waals surface area contributed by atoms with Gasteiger partial charge in [-0.25, -0.2) is 0 Å². The minimum atomic E-state index is -4.97. The Bertz CT molecular complexity index is 1240. The second-order valence-corrected chi connectivity index (χ2v) is 12.5. The van der Waals surface area contributed by atoms with Crippen molar-refractivity contribution in [2.45, 2.75) is 72.1 Å². The summed E-state index contributed by atoms with van der Waals surface area (Å²) in [6, 6.07) is 9.64. The minimum absolute atomic E-state index is 0.0221. The van der Waals surface area contributed by atoms with Crippen molar-refractivity contribution in [3.8, 4) is 6.07 Å². The van der Waals surface area contributed by atoms with Crippen LogP contribution < -0.4 is 5.32 Å². The maximum absolute atomic E-state index is 13.7. The van der Waals surface area contributed by atoms with E-state index in [-0.39, 0.29) is 23.3 Å². The molecule has 1 aliphatic heterocycles. The number of aromatic nitrogens is 1. The van der Waals surface area contributed by atoms with Gasteiger partial charge in [-0.1, -0.05) is 52.8 Å². The molecule has 2 fully saturated rings. The van der Waals surface area contributed by atoms with Crippen LogP contribution in [0.15, 0.2) is 30.5 Å².